The van der Waals surface area contributed by atoms with Gasteiger partial charge in [0.2, 0.25) is 0 Å². The predicted molar refractivity (Wildman–Crippen MR) is 87.9 cm³/mol. The number of hydrogen-bond donors (Lipinski definition) is 0. The summed E-state index contributed by atoms with van der Waals surface area (Å²) >= 11 is 3.45. The fraction of sp³-hybridized carbons (Fsp3) is 0.0625. The number of para-hydroxylation sites is 1. The van der Waals surface area contributed by atoms with Crippen LogP contribution in [0.3, 0.4) is 0 Å². The molecule has 0 bridgehead atoms. The van der Waals surface area contributed by atoms with Gasteiger partial charge in [0.15, 0.2) is 0 Å². The van der Waals surface area contributed by atoms with E-state index in [1.54, 1.807) is 19.2 Å². The number of halogens is 1. The Morgan fingerprint density at radius 1 is 1.14 bits per heavy atom. The maximum atomic E-state index is 12.5. The van der Waals surface area contributed by atoms with Gasteiger partial charge in [-0.25, -0.2) is 4.98 Å². The van der Waals surface area contributed by atoms with Crippen molar-refractivity contribution in [3.05, 3.63) is 74.7 Å². The van der Waals surface area contributed by atoms with E-state index < -0.39 is 0 Å². The van der Waals surface area contributed by atoms with Crippen molar-refractivity contribution >= 4 is 33.0 Å². The topological polar surface area (TPSA) is 47.2 Å². The Morgan fingerprint density at radius 2 is 1.86 bits per heavy atom. The fourth-order valence-corrected chi connectivity index (χ4v) is 2.46. The monoisotopic (exact) mass is 341 g/mol. The summed E-state index contributed by atoms with van der Waals surface area (Å²) in [5.41, 5.74) is 1.42. The molecule has 0 unspecified atom stereocenters. The van der Waals surface area contributed by atoms with Crippen molar-refractivity contribution in [2.24, 2.45) is 5.10 Å². The molecule has 0 aliphatic carbocycles. The first-order chi connectivity index (χ1) is 10.2. The van der Waals surface area contributed by atoms with E-state index in [1.807, 2.05) is 42.5 Å². The maximum Gasteiger partial charge on any atom is 0.282 e. The minimum atomic E-state index is -0.165. The lowest BCUT2D eigenvalue weighted by Crippen LogP contribution is -2.20. The molecule has 3 rings (SSSR count). The molecule has 0 amide bonds. The third-order valence-corrected chi connectivity index (χ3v) is 3.86. The van der Waals surface area contributed by atoms with E-state index >= 15 is 0 Å². The maximum absolute atomic E-state index is 12.5. The summed E-state index contributed by atoms with van der Waals surface area (Å²) in [6.07, 6.45) is 1.65. The Balaban J connectivity index is 2.13. The van der Waals surface area contributed by atoms with Crippen LogP contribution in [0.5, 0.6) is 0 Å². The molecule has 0 atom stereocenters. The predicted octanol–water partition coefficient (Wildman–Crippen LogP) is 3.35. The van der Waals surface area contributed by atoms with Crippen LogP contribution in [0.1, 0.15) is 11.4 Å². The molecule has 0 fully saturated rings. The number of hydrogen-bond acceptors (Lipinski definition) is 3. The van der Waals surface area contributed by atoms with Gasteiger partial charge in [0.1, 0.15) is 5.82 Å². The molecule has 0 N–H and O–H groups in total. The average Bonchev–Trinajstić information content (AvgIpc) is 2.49. The van der Waals surface area contributed by atoms with Crippen LogP contribution in [-0.2, 0) is 0 Å². The summed E-state index contributed by atoms with van der Waals surface area (Å²) in [5.74, 6) is 0.557. The number of fused-ring (bicyclic) bond motifs is 1. The number of nitrogens with zero attached hydrogens (tertiary/aromatic N) is 3. The largest absolute Gasteiger partial charge is 0.282 e. The third-order valence-electron chi connectivity index (χ3n) is 3.13. The summed E-state index contributed by atoms with van der Waals surface area (Å²) < 4.78 is 2.25. The Hall–Kier alpha value is -2.27. The van der Waals surface area contributed by atoms with Crippen molar-refractivity contribution < 1.29 is 0 Å². The van der Waals surface area contributed by atoms with Gasteiger partial charge in [-0.3, -0.25) is 4.79 Å². The lowest BCUT2D eigenvalue weighted by Gasteiger charge is -2.05. The first-order valence-electron chi connectivity index (χ1n) is 6.44. The SMILES string of the molecule is Cc1nc2ccccc2c(=O)n1/N=C\c1ccccc1Br. The smallest absolute Gasteiger partial charge is 0.267 e. The van der Waals surface area contributed by atoms with E-state index in [9.17, 15) is 4.79 Å². The van der Waals surface area contributed by atoms with E-state index in [4.69, 9.17) is 0 Å². The van der Waals surface area contributed by atoms with Gasteiger partial charge in [0, 0.05) is 10.0 Å². The second-order valence-electron chi connectivity index (χ2n) is 4.56. The normalized spacial score (nSPS) is 11.3. The lowest BCUT2D eigenvalue weighted by atomic mass is 10.2. The molecule has 1 aromatic heterocycles. The zero-order valence-electron chi connectivity index (χ0n) is 11.3. The molecule has 4 nitrogen and oxygen atoms in total. The molecule has 1 heterocycles. The minimum absolute atomic E-state index is 0.165. The first-order valence-corrected chi connectivity index (χ1v) is 7.23. The van der Waals surface area contributed by atoms with Crippen LogP contribution in [0, 0.1) is 6.92 Å². The summed E-state index contributed by atoms with van der Waals surface area (Å²) in [6, 6.07) is 15.0. The summed E-state index contributed by atoms with van der Waals surface area (Å²) in [4.78, 5) is 16.9. The molecule has 0 saturated carbocycles. The fourth-order valence-electron chi connectivity index (χ4n) is 2.07. The molecular weight excluding hydrogens is 330 g/mol. The second-order valence-corrected chi connectivity index (χ2v) is 5.41. The van der Waals surface area contributed by atoms with E-state index in [2.05, 4.69) is 26.0 Å². The molecule has 3 aromatic rings. The molecule has 0 aliphatic heterocycles. The van der Waals surface area contributed by atoms with E-state index in [0.29, 0.717) is 16.7 Å². The Bertz CT molecular complexity index is 899. The minimum Gasteiger partial charge on any atom is -0.267 e. The molecule has 5 heteroatoms. The van der Waals surface area contributed by atoms with Crippen molar-refractivity contribution in [1.29, 1.82) is 0 Å². The quantitative estimate of drug-likeness (QED) is 0.671. The van der Waals surface area contributed by atoms with Crippen LogP contribution >= 0.6 is 15.9 Å². The highest BCUT2D eigenvalue weighted by Gasteiger charge is 2.06. The van der Waals surface area contributed by atoms with Crippen LogP contribution in [0.25, 0.3) is 10.9 Å². The molecular formula is C16H12BrN3O. The summed E-state index contributed by atoms with van der Waals surface area (Å²) in [7, 11) is 0. The number of aromatic nitrogens is 2. The zero-order chi connectivity index (χ0) is 14.8. The third kappa shape index (κ3) is 2.64. The van der Waals surface area contributed by atoms with Gasteiger partial charge in [0.25, 0.3) is 5.56 Å². The summed E-state index contributed by atoms with van der Waals surface area (Å²) in [5, 5.41) is 4.84. The van der Waals surface area contributed by atoms with E-state index in [0.717, 1.165) is 10.0 Å². The molecule has 0 spiro atoms. The highest BCUT2D eigenvalue weighted by Crippen LogP contribution is 2.13. The van der Waals surface area contributed by atoms with Crippen molar-refractivity contribution in [2.45, 2.75) is 6.92 Å². The van der Waals surface area contributed by atoms with Gasteiger partial charge in [-0.15, -0.1) is 0 Å². The standard InChI is InChI=1S/C16H12BrN3O/c1-11-19-15-9-5-3-7-13(15)16(21)20(11)18-10-12-6-2-4-8-14(12)17/h2-10H,1H3/b18-10-. The van der Waals surface area contributed by atoms with Gasteiger partial charge < -0.3 is 0 Å². The van der Waals surface area contributed by atoms with Gasteiger partial charge >= 0.3 is 0 Å². The lowest BCUT2D eigenvalue weighted by molar-refractivity contribution is 0.771. The van der Waals surface area contributed by atoms with E-state index in [-0.39, 0.29) is 5.56 Å². The van der Waals surface area contributed by atoms with Crippen LogP contribution < -0.4 is 5.56 Å². The first kappa shape index (κ1) is 13.7. The number of rotatable bonds is 2. The highest BCUT2D eigenvalue weighted by atomic mass is 79.9. The van der Waals surface area contributed by atoms with Gasteiger partial charge in [0.05, 0.1) is 17.1 Å². The zero-order valence-corrected chi connectivity index (χ0v) is 12.9. The van der Waals surface area contributed by atoms with Crippen LogP contribution in [0.4, 0.5) is 0 Å². The molecule has 0 saturated heterocycles. The Morgan fingerprint density at radius 3 is 2.67 bits per heavy atom. The Kier molecular flexibility index (Phi) is 3.66. The number of aryl methyl sites for hydroxylation is 1. The Labute approximate surface area is 129 Å². The molecule has 21 heavy (non-hydrogen) atoms. The average molecular weight is 342 g/mol. The van der Waals surface area contributed by atoms with Crippen molar-refractivity contribution in [2.75, 3.05) is 0 Å². The van der Waals surface area contributed by atoms with Gasteiger partial charge in [-0.05, 0) is 25.1 Å². The van der Waals surface area contributed by atoms with Gasteiger partial charge in [-0.1, -0.05) is 46.3 Å². The highest BCUT2D eigenvalue weighted by molar-refractivity contribution is 9.10. The molecule has 0 radical (unpaired) electrons. The summed E-state index contributed by atoms with van der Waals surface area (Å²) in [6.45, 7) is 1.77. The molecule has 2 aromatic carbocycles. The van der Waals surface area contributed by atoms with Crippen LogP contribution in [-0.4, -0.2) is 15.9 Å². The van der Waals surface area contributed by atoms with Crippen LogP contribution in [0.2, 0.25) is 0 Å². The van der Waals surface area contributed by atoms with Gasteiger partial charge in [-0.2, -0.15) is 9.78 Å². The van der Waals surface area contributed by atoms with Crippen molar-refractivity contribution in [3.63, 3.8) is 0 Å². The number of benzene rings is 2. The molecule has 104 valence electrons. The van der Waals surface area contributed by atoms with Crippen molar-refractivity contribution in [1.82, 2.24) is 9.66 Å². The molecule has 0 aliphatic rings. The van der Waals surface area contributed by atoms with Crippen molar-refractivity contribution in [3.8, 4) is 0 Å². The van der Waals surface area contributed by atoms with E-state index in [1.165, 1.54) is 4.68 Å². The van der Waals surface area contributed by atoms with Crippen LogP contribution in [0.15, 0.2) is 62.9 Å². The second kappa shape index (κ2) is 5.61.